The largest absolute Gasteiger partial charge is 0.491 e. The SMILES string of the molecule is CCCOc1cc(Nc2cc(C)cc(F)c2)ccc1N. The van der Waals surface area contributed by atoms with Crippen molar-refractivity contribution in [3.63, 3.8) is 0 Å². The zero-order valence-electron chi connectivity index (χ0n) is 11.7. The molecule has 20 heavy (non-hydrogen) atoms. The molecule has 0 aliphatic carbocycles. The van der Waals surface area contributed by atoms with E-state index in [1.54, 1.807) is 6.07 Å². The van der Waals surface area contributed by atoms with Crippen LogP contribution in [0.5, 0.6) is 5.75 Å². The van der Waals surface area contributed by atoms with Gasteiger partial charge in [0.15, 0.2) is 0 Å². The van der Waals surface area contributed by atoms with Crippen molar-refractivity contribution in [2.75, 3.05) is 17.7 Å². The van der Waals surface area contributed by atoms with Crippen LogP contribution in [0.2, 0.25) is 0 Å². The number of rotatable bonds is 5. The van der Waals surface area contributed by atoms with Gasteiger partial charge in [0, 0.05) is 17.4 Å². The van der Waals surface area contributed by atoms with Crippen LogP contribution in [0.1, 0.15) is 18.9 Å². The summed E-state index contributed by atoms with van der Waals surface area (Å²) < 4.78 is 18.9. The van der Waals surface area contributed by atoms with Gasteiger partial charge in [-0.25, -0.2) is 4.39 Å². The molecule has 0 atom stereocenters. The third-order valence-electron chi connectivity index (χ3n) is 2.81. The Morgan fingerprint density at radius 1 is 1.15 bits per heavy atom. The number of anilines is 3. The standard InChI is InChI=1S/C16H19FN2O/c1-3-6-20-16-10-13(4-5-15(16)18)19-14-8-11(2)7-12(17)9-14/h4-5,7-10,19H,3,6,18H2,1-2H3. The third kappa shape index (κ3) is 3.63. The van der Waals surface area contributed by atoms with Crippen molar-refractivity contribution < 1.29 is 9.13 Å². The first-order chi connectivity index (χ1) is 9.58. The number of nitrogen functional groups attached to an aromatic ring is 1. The van der Waals surface area contributed by atoms with Crippen LogP contribution in [0, 0.1) is 12.7 Å². The van der Waals surface area contributed by atoms with Gasteiger partial charge in [-0.3, -0.25) is 0 Å². The highest BCUT2D eigenvalue weighted by molar-refractivity contribution is 5.67. The molecule has 0 aromatic heterocycles. The number of ether oxygens (including phenoxy) is 1. The highest BCUT2D eigenvalue weighted by Gasteiger charge is 2.04. The molecule has 0 amide bonds. The summed E-state index contributed by atoms with van der Waals surface area (Å²) in [4.78, 5) is 0. The maximum absolute atomic E-state index is 13.4. The van der Waals surface area contributed by atoms with Gasteiger partial charge in [0.2, 0.25) is 0 Å². The van der Waals surface area contributed by atoms with Gasteiger partial charge in [0.05, 0.1) is 12.3 Å². The molecule has 0 saturated carbocycles. The van der Waals surface area contributed by atoms with Gasteiger partial charge in [-0.05, 0) is 49.2 Å². The van der Waals surface area contributed by atoms with Gasteiger partial charge < -0.3 is 15.8 Å². The number of hydrogen-bond acceptors (Lipinski definition) is 3. The maximum Gasteiger partial charge on any atom is 0.144 e. The van der Waals surface area contributed by atoms with E-state index in [1.165, 1.54) is 12.1 Å². The lowest BCUT2D eigenvalue weighted by atomic mass is 10.2. The Bertz CT molecular complexity index is 579. The molecule has 0 aliphatic rings. The molecule has 0 aliphatic heterocycles. The topological polar surface area (TPSA) is 47.3 Å². The van der Waals surface area contributed by atoms with Gasteiger partial charge in [0.25, 0.3) is 0 Å². The lowest BCUT2D eigenvalue weighted by Crippen LogP contribution is -2.00. The van der Waals surface area contributed by atoms with E-state index in [1.807, 2.05) is 32.0 Å². The molecule has 0 saturated heterocycles. The van der Waals surface area contributed by atoms with E-state index in [2.05, 4.69) is 5.32 Å². The fraction of sp³-hybridized carbons (Fsp3) is 0.250. The second-order valence-corrected chi connectivity index (χ2v) is 4.74. The molecule has 2 aromatic rings. The zero-order chi connectivity index (χ0) is 14.5. The molecule has 4 heteroatoms. The quantitative estimate of drug-likeness (QED) is 0.801. The summed E-state index contributed by atoms with van der Waals surface area (Å²) in [5, 5.41) is 3.15. The molecular formula is C16H19FN2O. The summed E-state index contributed by atoms with van der Waals surface area (Å²) in [6, 6.07) is 10.3. The number of halogens is 1. The van der Waals surface area contributed by atoms with E-state index in [4.69, 9.17) is 10.5 Å². The molecule has 0 heterocycles. The van der Waals surface area contributed by atoms with Crippen LogP contribution in [0.25, 0.3) is 0 Å². The van der Waals surface area contributed by atoms with E-state index in [0.29, 0.717) is 23.7 Å². The first-order valence-corrected chi connectivity index (χ1v) is 6.65. The van der Waals surface area contributed by atoms with Gasteiger partial charge in [-0.1, -0.05) is 6.92 Å². The monoisotopic (exact) mass is 274 g/mol. The number of aryl methyl sites for hydroxylation is 1. The molecule has 0 fully saturated rings. The first kappa shape index (κ1) is 14.2. The predicted molar refractivity (Wildman–Crippen MR) is 81.1 cm³/mol. The fourth-order valence-corrected chi connectivity index (χ4v) is 1.92. The van der Waals surface area contributed by atoms with Crippen LogP contribution >= 0.6 is 0 Å². The predicted octanol–water partition coefficient (Wildman–Crippen LogP) is 4.25. The van der Waals surface area contributed by atoms with Crippen LogP contribution in [-0.4, -0.2) is 6.61 Å². The number of benzene rings is 2. The minimum absolute atomic E-state index is 0.259. The average Bonchev–Trinajstić information content (AvgIpc) is 2.38. The van der Waals surface area contributed by atoms with Crippen molar-refractivity contribution in [1.29, 1.82) is 0 Å². The van der Waals surface area contributed by atoms with Crippen molar-refractivity contribution in [3.8, 4) is 5.75 Å². The lowest BCUT2D eigenvalue weighted by Gasteiger charge is -2.12. The summed E-state index contributed by atoms with van der Waals surface area (Å²) in [5.41, 5.74) is 8.84. The minimum atomic E-state index is -0.259. The number of nitrogens with one attached hydrogen (secondary N) is 1. The smallest absolute Gasteiger partial charge is 0.144 e. The summed E-state index contributed by atoms with van der Waals surface area (Å²) in [6.45, 7) is 4.51. The van der Waals surface area contributed by atoms with Crippen molar-refractivity contribution in [3.05, 3.63) is 47.8 Å². The molecular weight excluding hydrogens is 255 g/mol. The summed E-state index contributed by atoms with van der Waals surface area (Å²) in [5.74, 6) is 0.385. The molecule has 0 spiro atoms. The molecule has 3 nitrogen and oxygen atoms in total. The van der Waals surface area contributed by atoms with Crippen molar-refractivity contribution in [2.24, 2.45) is 0 Å². The van der Waals surface area contributed by atoms with Gasteiger partial charge >= 0.3 is 0 Å². The van der Waals surface area contributed by atoms with E-state index in [-0.39, 0.29) is 5.82 Å². The van der Waals surface area contributed by atoms with E-state index in [0.717, 1.165) is 17.7 Å². The third-order valence-corrected chi connectivity index (χ3v) is 2.81. The Kier molecular flexibility index (Phi) is 4.45. The minimum Gasteiger partial charge on any atom is -0.491 e. The van der Waals surface area contributed by atoms with Crippen LogP contribution < -0.4 is 15.8 Å². The molecule has 2 aromatic carbocycles. The maximum atomic E-state index is 13.4. The number of hydrogen-bond donors (Lipinski definition) is 2. The van der Waals surface area contributed by atoms with Crippen LogP contribution in [0.3, 0.4) is 0 Å². The van der Waals surface area contributed by atoms with Gasteiger partial charge in [-0.2, -0.15) is 0 Å². The number of nitrogens with two attached hydrogens (primary N) is 1. The molecule has 0 bridgehead atoms. The van der Waals surface area contributed by atoms with Gasteiger partial charge in [-0.15, -0.1) is 0 Å². The highest BCUT2D eigenvalue weighted by atomic mass is 19.1. The highest BCUT2D eigenvalue weighted by Crippen LogP contribution is 2.28. The van der Waals surface area contributed by atoms with Crippen LogP contribution in [0.15, 0.2) is 36.4 Å². The van der Waals surface area contributed by atoms with Crippen molar-refractivity contribution in [1.82, 2.24) is 0 Å². The second-order valence-electron chi connectivity index (χ2n) is 4.74. The molecule has 3 N–H and O–H groups in total. The summed E-state index contributed by atoms with van der Waals surface area (Å²) in [6.07, 6.45) is 0.917. The summed E-state index contributed by atoms with van der Waals surface area (Å²) in [7, 11) is 0. The van der Waals surface area contributed by atoms with E-state index >= 15 is 0 Å². The molecule has 0 unspecified atom stereocenters. The van der Waals surface area contributed by atoms with Crippen LogP contribution in [-0.2, 0) is 0 Å². The molecule has 0 radical (unpaired) electrons. The van der Waals surface area contributed by atoms with E-state index < -0.39 is 0 Å². The molecule has 2 rings (SSSR count). The molecule has 106 valence electrons. The van der Waals surface area contributed by atoms with E-state index in [9.17, 15) is 4.39 Å². The van der Waals surface area contributed by atoms with Crippen molar-refractivity contribution >= 4 is 17.1 Å². The fourth-order valence-electron chi connectivity index (χ4n) is 1.92. The lowest BCUT2D eigenvalue weighted by molar-refractivity contribution is 0.319. The van der Waals surface area contributed by atoms with Gasteiger partial charge in [0.1, 0.15) is 11.6 Å². The normalized spacial score (nSPS) is 10.3. The first-order valence-electron chi connectivity index (χ1n) is 6.65. The van der Waals surface area contributed by atoms with Crippen molar-refractivity contribution in [2.45, 2.75) is 20.3 Å². The summed E-state index contributed by atoms with van der Waals surface area (Å²) >= 11 is 0. The zero-order valence-corrected chi connectivity index (χ0v) is 11.7. The Morgan fingerprint density at radius 2 is 1.95 bits per heavy atom. The Balaban J connectivity index is 2.20. The Morgan fingerprint density at radius 3 is 2.65 bits per heavy atom. The van der Waals surface area contributed by atoms with Crippen LogP contribution in [0.4, 0.5) is 21.5 Å². The Labute approximate surface area is 118 Å². The Hall–Kier alpha value is -2.23. The average molecular weight is 274 g/mol. The second kappa shape index (κ2) is 6.28.